The maximum Gasteiger partial charge on any atom is 0.227 e. The van der Waals surface area contributed by atoms with Crippen LogP contribution in [-0.4, -0.2) is 45.6 Å². The minimum atomic E-state index is 0.574. The maximum atomic E-state index is 5.87. The highest BCUT2D eigenvalue weighted by atomic mass is 15.2. The first-order valence-electron chi connectivity index (χ1n) is 10.8. The van der Waals surface area contributed by atoms with Gasteiger partial charge in [0, 0.05) is 42.6 Å². The minimum Gasteiger partial charge on any atom is -0.324 e. The molecule has 2 aromatic heterocycles. The van der Waals surface area contributed by atoms with Gasteiger partial charge in [-0.25, -0.2) is 9.97 Å². The Morgan fingerprint density at radius 2 is 1.87 bits per heavy atom. The Morgan fingerprint density at radius 3 is 2.68 bits per heavy atom. The molecule has 0 saturated carbocycles. The Hall–Kier alpha value is -3.19. The molecule has 1 saturated heterocycles. The molecule has 0 aliphatic carbocycles. The van der Waals surface area contributed by atoms with E-state index in [0.29, 0.717) is 11.4 Å². The molecule has 0 spiro atoms. The van der Waals surface area contributed by atoms with Crippen molar-refractivity contribution in [1.82, 2.24) is 24.6 Å². The number of nitrogens with one attached hydrogen (secondary N) is 1. The number of nitrogens with zero attached hydrogens (tertiary/aromatic N) is 5. The number of hydrogen-bond donors (Lipinski definition) is 1. The van der Waals surface area contributed by atoms with Crippen LogP contribution in [0.2, 0.25) is 0 Å². The van der Waals surface area contributed by atoms with E-state index in [2.05, 4.69) is 43.5 Å². The lowest BCUT2D eigenvalue weighted by atomic mass is 9.95. The average molecular weight is 408 g/mol. The summed E-state index contributed by atoms with van der Waals surface area (Å²) in [6.45, 7) is 3.27. The lowest BCUT2D eigenvalue weighted by molar-refractivity contribution is 0.221. The zero-order valence-electron chi connectivity index (χ0n) is 17.8. The molecule has 2 radical (unpaired) electrons. The molecule has 6 nitrogen and oxygen atoms in total. The maximum absolute atomic E-state index is 5.87. The van der Waals surface area contributed by atoms with E-state index in [4.69, 9.17) is 7.85 Å². The molecule has 0 bridgehead atoms. The molecule has 31 heavy (non-hydrogen) atoms. The molecule has 154 valence electrons. The van der Waals surface area contributed by atoms with Gasteiger partial charge in [0.25, 0.3) is 0 Å². The molecule has 0 atom stereocenters. The van der Waals surface area contributed by atoms with Gasteiger partial charge in [-0.2, -0.15) is 5.10 Å². The second-order valence-corrected chi connectivity index (χ2v) is 8.29. The topological polar surface area (TPSA) is 58.9 Å². The van der Waals surface area contributed by atoms with Gasteiger partial charge in [0.15, 0.2) is 0 Å². The molecule has 3 heterocycles. The Morgan fingerprint density at radius 1 is 1.00 bits per heavy atom. The van der Waals surface area contributed by atoms with Crippen LogP contribution in [-0.2, 0) is 13.6 Å². The van der Waals surface area contributed by atoms with Crippen LogP contribution in [0.3, 0.4) is 0 Å². The zero-order valence-corrected chi connectivity index (χ0v) is 17.8. The van der Waals surface area contributed by atoms with E-state index in [1.165, 1.54) is 24.8 Å². The number of rotatable bonds is 5. The van der Waals surface area contributed by atoms with Gasteiger partial charge in [-0.15, -0.1) is 0 Å². The fourth-order valence-corrected chi connectivity index (χ4v) is 4.21. The van der Waals surface area contributed by atoms with Crippen LogP contribution in [0.4, 0.5) is 11.6 Å². The summed E-state index contributed by atoms with van der Waals surface area (Å²) in [5.41, 5.74) is 6.06. The number of anilines is 2. The number of likely N-dealkylation sites (tertiary alicyclic amines) is 1. The summed E-state index contributed by atoms with van der Waals surface area (Å²) in [5, 5.41) is 8.68. The van der Waals surface area contributed by atoms with Gasteiger partial charge >= 0.3 is 0 Å². The van der Waals surface area contributed by atoms with Gasteiger partial charge in [-0.05, 0) is 61.3 Å². The van der Waals surface area contributed by atoms with E-state index in [-0.39, 0.29) is 0 Å². The highest BCUT2D eigenvalue weighted by Gasteiger charge is 2.13. The number of aromatic nitrogens is 4. The summed E-state index contributed by atoms with van der Waals surface area (Å²) in [6, 6.07) is 12.3. The predicted octanol–water partition coefficient (Wildman–Crippen LogP) is 3.55. The van der Waals surface area contributed by atoms with Crippen molar-refractivity contribution in [3.63, 3.8) is 0 Å². The third-order valence-corrected chi connectivity index (χ3v) is 5.75. The highest BCUT2D eigenvalue weighted by Crippen LogP contribution is 2.27. The van der Waals surface area contributed by atoms with Crippen molar-refractivity contribution < 1.29 is 0 Å². The molecule has 1 N–H and O–H groups in total. The van der Waals surface area contributed by atoms with Crippen LogP contribution in [0.1, 0.15) is 24.8 Å². The van der Waals surface area contributed by atoms with Crippen LogP contribution in [0.15, 0.2) is 55.0 Å². The average Bonchev–Trinajstić information content (AvgIpc) is 3.21. The molecule has 1 fully saturated rings. The molecule has 2 aromatic carbocycles. The summed E-state index contributed by atoms with van der Waals surface area (Å²) in [6.07, 6.45) is 9.65. The van der Waals surface area contributed by atoms with Gasteiger partial charge in [0.1, 0.15) is 7.85 Å². The summed E-state index contributed by atoms with van der Waals surface area (Å²) in [4.78, 5) is 11.7. The van der Waals surface area contributed by atoms with E-state index in [1.54, 1.807) is 6.20 Å². The minimum absolute atomic E-state index is 0.574. The standard InChI is InChI=1S/C24H25BN6/c1-30-16-20(14-27-30)18-9-17(15-31-7-3-2-4-8-31)10-22(12-18)28-24-26-13-19-11-21(25)5-6-23(19)29-24/h5-6,9-14,16H,2-4,7-8,15H2,1H3,(H,26,28,29). The number of aryl methyl sites for hydroxylation is 1. The van der Waals surface area contributed by atoms with Crippen molar-refractivity contribution in [2.75, 3.05) is 18.4 Å². The summed E-state index contributed by atoms with van der Waals surface area (Å²) < 4.78 is 1.83. The Balaban J connectivity index is 1.47. The zero-order chi connectivity index (χ0) is 21.2. The van der Waals surface area contributed by atoms with Crippen LogP contribution < -0.4 is 10.8 Å². The molecular formula is C24H25BN6. The molecular weight excluding hydrogens is 383 g/mol. The van der Waals surface area contributed by atoms with Crippen molar-refractivity contribution >= 4 is 35.8 Å². The first-order valence-corrected chi connectivity index (χ1v) is 10.8. The van der Waals surface area contributed by atoms with Gasteiger partial charge in [0.05, 0.1) is 11.7 Å². The molecule has 4 aromatic rings. The first kappa shape index (κ1) is 19.8. The van der Waals surface area contributed by atoms with Crippen molar-refractivity contribution in [2.24, 2.45) is 7.05 Å². The lowest BCUT2D eigenvalue weighted by Crippen LogP contribution is -2.29. The molecule has 0 unspecified atom stereocenters. The monoisotopic (exact) mass is 408 g/mol. The fraction of sp³-hybridized carbons (Fsp3) is 0.292. The van der Waals surface area contributed by atoms with Crippen molar-refractivity contribution in [3.05, 3.63) is 60.6 Å². The van der Waals surface area contributed by atoms with Gasteiger partial charge in [-0.3, -0.25) is 9.58 Å². The van der Waals surface area contributed by atoms with Crippen LogP contribution in [0.25, 0.3) is 22.0 Å². The number of benzene rings is 2. The predicted molar refractivity (Wildman–Crippen MR) is 126 cm³/mol. The second kappa shape index (κ2) is 8.51. The Kier molecular flexibility index (Phi) is 5.43. The van der Waals surface area contributed by atoms with Gasteiger partial charge in [-0.1, -0.05) is 24.0 Å². The van der Waals surface area contributed by atoms with Crippen LogP contribution >= 0.6 is 0 Å². The van der Waals surface area contributed by atoms with Crippen LogP contribution in [0, 0.1) is 0 Å². The van der Waals surface area contributed by atoms with Crippen molar-refractivity contribution in [1.29, 1.82) is 0 Å². The Bertz CT molecular complexity index is 1210. The molecule has 1 aliphatic rings. The highest BCUT2D eigenvalue weighted by molar-refractivity contribution is 6.33. The molecule has 5 rings (SSSR count). The largest absolute Gasteiger partial charge is 0.324 e. The van der Waals surface area contributed by atoms with E-state index in [0.717, 1.165) is 47.4 Å². The number of fused-ring (bicyclic) bond motifs is 1. The Labute approximate surface area is 183 Å². The lowest BCUT2D eigenvalue weighted by Gasteiger charge is -2.26. The molecule has 1 aliphatic heterocycles. The summed E-state index contributed by atoms with van der Waals surface area (Å²) in [5.74, 6) is 0.574. The van der Waals surface area contributed by atoms with Crippen LogP contribution in [0.5, 0.6) is 0 Å². The number of piperidine rings is 1. The second-order valence-electron chi connectivity index (χ2n) is 8.29. The normalized spacial score (nSPS) is 14.7. The quantitative estimate of drug-likeness (QED) is 0.512. The van der Waals surface area contributed by atoms with Crippen molar-refractivity contribution in [3.8, 4) is 11.1 Å². The fourth-order valence-electron chi connectivity index (χ4n) is 4.21. The molecule has 7 heteroatoms. The SMILES string of the molecule is [B]c1ccc2nc(Nc3cc(CN4CCCCC4)cc(-c4cnn(C)c4)c3)ncc2c1. The summed E-state index contributed by atoms with van der Waals surface area (Å²) >= 11 is 0. The first-order chi connectivity index (χ1) is 15.1. The van der Waals surface area contributed by atoms with Gasteiger partial charge in [0.2, 0.25) is 5.95 Å². The third kappa shape index (κ3) is 4.62. The number of hydrogen-bond acceptors (Lipinski definition) is 5. The van der Waals surface area contributed by atoms with E-state index in [9.17, 15) is 0 Å². The van der Waals surface area contributed by atoms with Crippen molar-refractivity contribution in [2.45, 2.75) is 25.8 Å². The summed E-state index contributed by atoms with van der Waals surface area (Å²) in [7, 11) is 7.81. The van der Waals surface area contributed by atoms with Gasteiger partial charge < -0.3 is 5.32 Å². The smallest absolute Gasteiger partial charge is 0.227 e. The molecule has 0 amide bonds. The van der Waals surface area contributed by atoms with E-state index in [1.807, 2.05) is 42.3 Å². The third-order valence-electron chi connectivity index (χ3n) is 5.75. The van der Waals surface area contributed by atoms with E-state index < -0.39 is 0 Å². The van der Waals surface area contributed by atoms with E-state index >= 15 is 0 Å².